The lowest BCUT2D eigenvalue weighted by Gasteiger charge is -2.20. The van der Waals surface area contributed by atoms with E-state index in [1.54, 1.807) is 18.2 Å². The Morgan fingerprint density at radius 2 is 1.77 bits per heavy atom. The standard InChI is InChI=1S/C24H27NO4S/c1-7-30-21(15-25)22(16-8-10-17(11-9-16)24(2,3)4)29-20-14-18(27-5)12-13-19(20)23(26)28-6/h8-14H,7H2,1-6H3/b22-21+. The molecular formula is C24H27NO4S. The molecule has 0 fully saturated rings. The fourth-order valence-corrected chi connectivity index (χ4v) is 3.40. The van der Waals surface area contributed by atoms with Crippen LogP contribution in [0.15, 0.2) is 47.4 Å². The Hall–Kier alpha value is -2.91. The lowest BCUT2D eigenvalue weighted by atomic mass is 9.86. The van der Waals surface area contributed by atoms with E-state index < -0.39 is 5.97 Å². The van der Waals surface area contributed by atoms with Gasteiger partial charge in [-0.25, -0.2) is 4.79 Å². The fourth-order valence-electron chi connectivity index (χ4n) is 2.75. The highest BCUT2D eigenvalue weighted by Gasteiger charge is 2.20. The summed E-state index contributed by atoms with van der Waals surface area (Å²) < 4.78 is 16.3. The Morgan fingerprint density at radius 1 is 1.10 bits per heavy atom. The highest BCUT2D eigenvalue weighted by molar-refractivity contribution is 8.03. The lowest BCUT2D eigenvalue weighted by Crippen LogP contribution is -2.11. The monoisotopic (exact) mass is 425 g/mol. The molecule has 5 nitrogen and oxygen atoms in total. The number of carbonyl (C=O) groups excluding carboxylic acids is 1. The quantitative estimate of drug-likeness (QED) is 0.317. The second-order valence-corrected chi connectivity index (χ2v) is 8.76. The highest BCUT2D eigenvalue weighted by Crippen LogP contribution is 2.34. The summed E-state index contributed by atoms with van der Waals surface area (Å²) in [7, 11) is 2.85. The number of benzene rings is 2. The van der Waals surface area contributed by atoms with Crippen LogP contribution in [0.5, 0.6) is 11.5 Å². The summed E-state index contributed by atoms with van der Waals surface area (Å²) in [5.74, 6) is 1.36. The molecule has 2 rings (SSSR count). The van der Waals surface area contributed by atoms with Crippen LogP contribution in [0.25, 0.3) is 5.76 Å². The molecule has 0 saturated carbocycles. The summed E-state index contributed by atoms with van der Waals surface area (Å²) in [6.45, 7) is 8.39. The van der Waals surface area contributed by atoms with Gasteiger partial charge in [-0.1, -0.05) is 52.0 Å². The number of carbonyl (C=O) groups is 1. The van der Waals surface area contributed by atoms with E-state index in [4.69, 9.17) is 14.2 Å². The van der Waals surface area contributed by atoms with E-state index in [-0.39, 0.29) is 16.7 Å². The number of hydrogen-bond donors (Lipinski definition) is 0. The average molecular weight is 426 g/mol. The maximum atomic E-state index is 12.2. The van der Waals surface area contributed by atoms with Crippen LogP contribution in [0.4, 0.5) is 0 Å². The third kappa shape index (κ3) is 5.58. The number of allylic oxidation sites excluding steroid dienone is 1. The van der Waals surface area contributed by atoms with Gasteiger partial charge in [0.05, 0.1) is 14.2 Å². The lowest BCUT2D eigenvalue weighted by molar-refractivity contribution is 0.0598. The van der Waals surface area contributed by atoms with Gasteiger partial charge < -0.3 is 14.2 Å². The van der Waals surface area contributed by atoms with Crippen molar-refractivity contribution in [1.82, 2.24) is 0 Å². The minimum absolute atomic E-state index is 0.00431. The number of hydrogen-bond acceptors (Lipinski definition) is 6. The van der Waals surface area contributed by atoms with Crippen LogP contribution >= 0.6 is 11.8 Å². The van der Waals surface area contributed by atoms with Gasteiger partial charge in [-0.3, -0.25) is 0 Å². The van der Waals surface area contributed by atoms with Crippen molar-refractivity contribution >= 4 is 23.5 Å². The number of esters is 1. The van der Waals surface area contributed by atoms with E-state index in [9.17, 15) is 10.1 Å². The predicted molar refractivity (Wildman–Crippen MR) is 121 cm³/mol. The maximum Gasteiger partial charge on any atom is 0.341 e. The van der Waals surface area contributed by atoms with Gasteiger partial charge in [0.1, 0.15) is 28.0 Å². The van der Waals surface area contributed by atoms with Crippen molar-refractivity contribution in [3.8, 4) is 17.6 Å². The summed E-state index contributed by atoms with van der Waals surface area (Å²) in [6, 6.07) is 15.0. The van der Waals surface area contributed by atoms with Crippen LogP contribution in [-0.4, -0.2) is 25.9 Å². The minimum Gasteiger partial charge on any atom is -0.497 e. The molecule has 0 bridgehead atoms. The van der Waals surface area contributed by atoms with Gasteiger partial charge in [0.25, 0.3) is 0 Å². The van der Waals surface area contributed by atoms with E-state index in [1.165, 1.54) is 31.5 Å². The Morgan fingerprint density at radius 3 is 2.27 bits per heavy atom. The van der Waals surface area contributed by atoms with Gasteiger partial charge in [-0.05, 0) is 28.9 Å². The molecule has 0 aliphatic heterocycles. The first-order valence-corrected chi connectivity index (χ1v) is 10.6. The molecule has 0 amide bonds. The van der Waals surface area contributed by atoms with Gasteiger partial charge >= 0.3 is 5.97 Å². The summed E-state index contributed by atoms with van der Waals surface area (Å²) in [6.07, 6.45) is 0. The molecule has 0 saturated heterocycles. The van der Waals surface area contributed by atoms with E-state index in [1.807, 2.05) is 31.2 Å². The normalized spacial score (nSPS) is 11.9. The smallest absolute Gasteiger partial charge is 0.341 e. The van der Waals surface area contributed by atoms with Crippen LogP contribution < -0.4 is 9.47 Å². The van der Waals surface area contributed by atoms with Crippen LogP contribution in [0.1, 0.15) is 49.2 Å². The van der Waals surface area contributed by atoms with Crippen LogP contribution in [0.3, 0.4) is 0 Å². The van der Waals surface area contributed by atoms with Gasteiger partial charge in [0.15, 0.2) is 5.76 Å². The molecule has 6 heteroatoms. The van der Waals surface area contributed by atoms with Gasteiger partial charge in [0, 0.05) is 11.6 Å². The highest BCUT2D eigenvalue weighted by atomic mass is 32.2. The number of nitrogens with zero attached hydrogens (tertiary/aromatic N) is 1. The number of nitriles is 1. The Kier molecular flexibility index (Phi) is 7.96. The zero-order valence-electron chi connectivity index (χ0n) is 18.2. The number of rotatable bonds is 7. The first-order chi connectivity index (χ1) is 14.2. The SMILES string of the molecule is CCS/C(C#N)=C(/Oc1cc(OC)ccc1C(=O)OC)c1ccc(C(C)(C)C)cc1. The van der Waals surface area contributed by atoms with Crippen molar-refractivity contribution in [1.29, 1.82) is 5.26 Å². The predicted octanol–water partition coefficient (Wildman–Crippen LogP) is 5.80. The van der Waals surface area contributed by atoms with Crippen molar-refractivity contribution in [2.24, 2.45) is 0 Å². The molecule has 158 valence electrons. The Balaban J connectivity index is 2.61. The topological polar surface area (TPSA) is 68.5 Å². The molecule has 0 radical (unpaired) electrons. The average Bonchev–Trinajstić information content (AvgIpc) is 2.74. The van der Waals surface area contributed by atoms with Crippen LogP contribution in [0.2, 0.25) is 0 Å². The first-order valence-electron chi connectivity index (χ1n) is 9.57. The first kappa shape index (κ1) is 23.4. The summed E-state index contributed by atoms with van der Waals surface area (Å²) >= 11 is 1.38. The van der Waals surface area contributed by atoms with Gasteiger partial charge in [0.2, 0.25) is 0 Å². The molecule has 30 heavy (non-hydrogen) atoms. The number of ether oxygens (including phenoxy) is 3. The maximum absolute atomic E-state index is 12.2. The second kappa shape index (κ2) is 10.2. The van der Waals surface area contributed by atoms with E-state index in [0.29, 0.717) is 22.2 Å². The molecule has 0 aliphatic carbocycles. The molecule has 2 aromatic rings. The molecule has 0 N–H and O–H groups in total. The molecule has 2 aromatic carbocycles. The Labute approximate surface area is 182 Å². The fraction of sp³-hybridized carbons (Fsp3) is 0.333. The van der Waals surface area contributed by atoms with Crippen molar-refractivity contribution in [3.05, 3.63) is 64.1 Å². The van der Waals surface area contributed by atoms with Crippen LogP contribution in [0, 0.1) is 11.3 Å². The molecule has 0 aromatic heterocycles. The number of thioether (sulfide) groups is 1. The van der Waals surface area contributed by atoms with Crippen LogP contribution in [-0.2, 0) is 10.2 Å². The molecule has 0 aliphatic rings. The van der Waals surface area contributed by atoms with Gasteiger partial charge in [-0.2, -0.15) is 5.26 Å². The third-order valence-corrected chi connectivity index (χ3v) is 5.27. The second-order valence-electron chi connectivity index (χ2n) is 7.49. The largest absolute Gasteiger partial charge is 0.497 e. The van der Waals surface area contributed by atoms with Crippen molar-refractivity contribution in [3.63, 3.8) is 0 Å². The zero-order chi connectivity index (χ0) is 22.3. The number of methoxy groups -OCH3 is 2. The molecule has 0 unspecified atom stereocenters. The van der Waals surface area contributed by atoms with E-state index in [2.05, 4.69) is 26.8 Å². The minimum atomic E-state index is -0.531. The van der Waals surface area contributed by atoms with Crippen molar-refractivity contribution in [2.45, 2.75) is 33.1 Å². The third-order valence-electron chi connectivity index (χ3n) is 4.42. The molecule has 0 atom stereocenters. The Bertz CT molecular complexity index is 966. The summed E-state index contributed by atoms with van der Waals surface area (Å²) in [5.41, 5.74) is 2.17. The molecule has 0 heterocycles. The van der Waals surface area contributed by atoms with Crippen molar-refractivity contribution in [2.75, 3.05) is 20.0 Å². The molecule has 0 spiro atoms. The zero-order valence-corrected chi connectivity index (χ0v) is 19.1. The van der Waals surface area contributed by atoms with Crippen molar-refractivity contribution < 1.29 is 19.0 Å². The summed E-state index contributed by atoms with van der Waals surface area (Å²) in [4.78, 5) is 12.7. The summed E-state index contributed by atoms with van der Waals surface area (Å²) in [5, 5.41) is 9.75. The van der Waals surface area contributed by atoms with E-state index >= 15 is 0 Å². The van der Waals surface area contributed by atoms with E-state index in [0.717, 1.165) is 5.56 Å². The van der Waals surface area contributed by atoms with Gasteiger partial charge in [-0.15, -0.1) is 11.8 Å². The molecular weight excluding hydrogens is 398 g/mol.